The summed E-state index contributed by atoms with van der Waals surface area (Å²) in [6.45, 7) is 3.36. The molecule has 1 atom stereocenters. The molecule has 0 radical (unpaired) electrons. The summed E-state index contributed by atoms with van der Waals surface area (Å²) in [5, 5.41) is 7.64. The molecule has 2 N–H and O–H groups in total. The number of nitrogens with one attached hydrogen (secondary N) is 2. The van der Waals surface area contributed by atoms with Crippen molar-refractivity contribution in [1.29, 1.82) is 0 Å². The van der Waals surface area contributed by atoms with Crippen LogP contribution in [0.4, 0.5) is 5.69 Å². The average molecular weight is 395 g/mol. The first kappa shape index (κ1) is 19.6. The number of carbonyl (C=O) groups excluding carboxylic acids is 2. The number of pyridine rings is 1. The smallest absolute Gasteiger partial charge is 0.226 e. The van der Waals surface area contributed by atoms with Crippen molar-refractivity contribution in [2.75, 3.05) is 5.32 Å². The van der Waals surface area contributed by atoms with Gasteiger partial charge in [0.15, 0.2) is 0 Å². The van der Waals surface area contributed by atoms with E-state index in [1.54, 1.807) is 24.5 Å². The van der Waals surface area contributed by atoms with Gasteiger partial charge in [0.2, 0.25) is 11.8 Å². The van der Waals surface area contributed by atoms with Gasteiger partial charge < -0.3 is 15.4 Å². The molecule has 0 fully saturated rings. The molecule has 2 heterocycles. The highest BCUT2D eigenvalue weighted by Gasteiger charge is 2.18. The Kier molecular flexibility index (Phi) is 6.39. The Labute approximate surface area is 167 Å². The summed E-state index contributed by atoms with van der Waals surface area (Å²) >= 11 is 1.51. The van der Waals surface area contributed by atoms with Crippen LogP contribution in [0.3, 0.4) is 0 Å². The predicted molar refractivity (Wildman–Crippen MR) is 110 cm³/mol. The molecule has 7 heteroatoms. The van der Waals surface area contributed by atoms with Crippen molar-refractivity contribution in [1.82, 2.24) is 10.3 Å². The third-order valence-electron chi connectivity index (χ3n) is 3.97. The Hall–Kier alpha value is -3.19. The average Bonchev–Trinajstić information content (AvgIpc) is 3.19. The first-order valence-corrected chi connectivity index (χ1v) is 9.68. The van der Waals surface area contributed by atoms with Crippen LogP contribution in [0, 0.1) is 6.92 Å². The Morgan fingerprint density at radius 3 is 2.71 bits per heavy atom. The Balaban J connectivity index is 1.64. The fourth-order valence-corrected chi connectivity index (χ4v) is 3.51. The predicted octanol–water partition coefficient (Wildman–Crippen LogP) is 4.45. The molecule has 1 unspecified atom stereocenters. The van der Waals surface area contributed by atoms with E-state index in [-0.39, 0.29) is 24.3 Å². The van der Waals surface area contributed by atoms with Crippen LogP contribution >= 0.6 is 11.3 Å². The number of anilines is 1. The maximum Gasteiger partial charge on any atom is 0.226 e. The van der Waals surface area contributed by atoms with E-state index in [4.69, 9.17) is 4.74 Å². The van der Waals surface area contributed by atoms with Gasteiger partial charge in [-0.15, -0.1) is 11.3 Å². The zero-order valence-corrected chi connectivity index (χ0v) is 16.5. The highest BCUT2D eigenvalue weighted by molar-refractivity contribution is 7.10. The van der Waals surface area contributed by atoms with Crippen molar-refractivity contribution in [3.05, 3.63) is 70.7 Å². The van der Waals surface area contributed by atoms with Gasteiger partial charge in [-0.25, -0.2) is 0 Å². The molecule has 0 aliphatic rings. The van der Waals surface area contributed by atoms with Crippen LogP contribution in [-0.2, 0) is 9.59 Å². The summed E-state index contributed by atoms with van der Waals surface area (Å²) in [6, 6.07) is 12.5. The minimum absolute atomic E-state index is 0.160. The third-order valence-corrected chi connectivity index (χ3v) is 4.96. The SMILES string of the molecule is CC(=O)NC(CC(=O)Nc1ccc(Oc2cccnc2)c(C)c1)c1cccs1. The molecule has 0 aliphatic carbocycles. The molecule has 3 rings (SSSR count). The Bertz CT molecular complexity index is 943. The number of hydrogen-bond donors (Lipinski definition) is 2. The summed E-state index contributed by atoms with van der Waals surface area (Å²) in [6.07, 6.45) is 3.48. The summed E-state index contributed by atoms with van der Waals surface area (Å²) in [5.41, 5.74) is 1.56. The van der Waals surface area contributed by atoms with E-state index in [1.807, 2.05) is 42.6 Å². The summed E-state index contributed by atoms with van der Waals surface area (Å²) < 4.78 is 5.81. The number of aromatic nitrogens is 1. The monoisotopic (exact) mass is 395 g/mol. The van der Waals surface area contributed by atoms with Crippen molar-refractivity contribution in [2.45, 2.75) is 26.3 Å². The van der Waals surface area contributed by atoms with E-state index in [9.17, 15) is 9.59 Å². The summed E-state index contributed by atoms with van der Waals surface area (Å²) in [4.78, 5) is 28.9. The zero-order chi connectivity index (χ0) is 19.9. The highest BCUT2D eigenvalue weighted by atomic mass is 32.1. The van der Waals surface area contributed by atoms with E-state index in [0.29, 0.717) is 17.2 Å². The molecule has 0 saturated heterocycles. The maximum atomic E-state index is 12.5. The van der Waals surface area contributed by atoms with Gasteiger partial charge in [-0.2, -0.15) is 0 Å². The minimum atomic E-state index is -0.341. The number of thiophene rings is 1. The summed E-state index contributed by atoms with van der Waals surface area (Å²) in [7, 11) is 0. The van der Waals surface area contributed by atoms with Crippen molar-refractivity contribution in [3.63, 3.8) is 0 Å². The van der Waals surface area contributed by atoms with Crippen molar-refractivity contribution < 1.29 is 14.3 Å². The second-order valence-corrected chi connectivity index (χ2v) is 7.27. The standard InChI is InChI=1S/C21H21N3O3S/c1-14-11-16(7-8-19(14)27-17-5-3-9-22-13-17)24-21(26)12-18(23-15(2)25)20-6-4-10-28-20/h3-11,13,18H,12H2,1-2H3,(H,23,25)(H,24,26). The molecule has 0 aliphatic heterocycles. The number of amides is 2. The van der Waals surface area contributed by atoms with Crippen LogP contribution in [-0.4, -0.2) is 16.8 Å². The van der Waals surface area contributed by atoms with Crippen LogP contribution in [0.15, 0.2) is 60.2 Å². The molecular weight excluding hydrogens is 374 g/mol. The van der Waals surface area contributed by atoms with Crippen LogP contribution in [0.2, 0.25) is 0 Å². The van der Waals surface area contributed by atoms with E-state index in [1.165, 1.54) is 18.3 Å². The normalized spacial score (nSPS) is 11.5. The molecule has 0 saturated carbocycles. The molecule has 2 amide bonds. The summed E-state index contributed by atoms with van der Waals surface area (Å²) in [5.74, 6) is 1.00. The molecule has 0 bridgehead atoms. The van der Waals surface area contributed by atoms with Gasteiger partial charge in [-0.05, 0) is 54.3 Å². The molecule has 6 nitrogen and oxygen atoms in total. The Morgan fingerprint density at radius 1 is 1.21 bits per heavy atom. The lowest BCUT2D eigenvalue weighted by molar-refractivity contribution is -0.120. The highest BCUT2D eigenvalue weighted by Crippen LogP contribution is 2.27. The van der Waals surface area contributed by atoms with E-state index >= 15 is 0 Å². The van der Waals surface area contributed by atoms with Gasteiger partial charge in [0.05, 0.1) is 18.7 Å². The van der Waals surface area contributed by atoms with Crippen LogP contribution in [0.1, 0.15) is 29.8 Å². The lowest BCUT2D eigenvalue weighted by atomic mass is 10.1. The largest absolute Gasteiger partial charge is 0.455 e. The first-order valence-electron chi connectivity index (χ1n) is 8.80. The minimum Gasteiger partial charge on any atom is -0.455 e. The fraction of sp³-hybridized carbons (Fsp3) is 0.190. The lowest BCUT2D eigenvalue weighted by Crippen LogP contribution is -2.29. The molecule has 3 aromatic rings. The molecular formula is C21H21N3O3S. The van der Waals surface area contributed by atoms with E-state index < -0.39 is 0 Å². The third kappa shape index (κ3) is 5.40. The number of hydrogen-bond acceptors (Lipinski definition) is 5. The van der Waals surface area contributed by atoms with Crippen molar-refractivity contribution in [3.8, 4) is 11.5 Å². The molecule has 0 spiro atoms. The van der Waals surface area contributed by atoms with Gasteiger partial charge in [-0.1, -0.05) is 6.07 Å². The molecule has 1 aromatic carbocycles. The number of carbonyl (C=O) groups is 2. The van der Waals surface area contributed by atoms with Crippen LogP contribution in [0.25, 0.3) is 0 Å². The Morgan fingerprint density at radius 2 is 2.07 bits per heavy atom. The first-order chi connectivity index (χ1) is 13.5. The van der Waals surface area contributed by atoms with Gasteiger partial charge in [0, 0.05) is 23.7 Å². The molecule has 144 valence electrons. The topological polar surface area (TPSA) is 80.3 Å². The quantitative estimate of drug-likeness (QED) is 0.619. The number of ether oxygens (including phenoxy) is 1. The molecule has 28 heavy (non-hydrogen) atoms. The van der Waals surface area contributed by atoms with Crippen molar-refractivity contribution in [2.24, 2.45) is 0 Å². The molecule has 2 aromatic heterocycles. The van der Waals surface area contributed by atoms with Gasteiger partial charge in [-0.3, -0.25) is 14.6 Å². The second kappa shape index (κ2) is 9.14. The lowest BCUT2D eigenvalue weighted by Gasteiger charge is -2.16. The number of nitrogens with zero attached hydrogens (tertiary/aromatic N) is 1. The fourth-order valence-electron chi connectivity index (χ4n) is 2.73. The van der Waals surface area contributed by atoms with Gasteiger partial charge >= 0.3 is 0 Å². The number of benzene rings is 1. The van der Waals surface area contributed by atoms with Crippen molar-refractivity contribution >= 4 is 28.8 Å². The van der Waals surface area contributed by atoms with Gasteiger partial charge in [0.1, 0.15) is 11.5 Å². The van der Waals surface area contributed by atoms with Crippen LogP contribution in [0.5, 0.6) is 11.5 Å². The van der Waals surface area contributed by atoms with E-state index in [0.717, 1.165) is 10.4 Å². The van der Waals surface area contributed by atoms with Crippen LogP contribution < -0.4 is 15.4 Å². The number of aryl methyl sites for hydroxylation is 1. The number of rotatable bonds is 7. The second-order valence-electron chi connectivity index (χ2n) is 6.29. The van der Waals surface area contributed by atoms with E-state index in [2.05, 4.69) is 15.6 Å². The van der Waals surface area contributed by atoms with Gasteiger partial charge in [0.25, 0.3) is 0 Å². The zero-order valence-electron chi connectivity index (χ0n) is 15.6. The maximum absolute atomic E-state index is 12.5.